The maximum absolute atomic E-state index is 12.5. The van der Waals surface area contributed by atoms with Gasteiger partial charge in [-0.1, -0.05) is 53.2 Å². The first-order chi connectivity index (χ1) is 12.0. The van der Waals surface area contributed by atoms with Crippen molar-refractivity contribution >= 4 is 69.4 Å². The molecule has 1 saturated heterocycles. The molecular weight excluding hydrogens is 399 g/mol. The van der Waals surface area contributed by atoms with Crippen LogP contribution in [0.4, 0.5) is 0 Å². The Bertz CT molecular complexity index is 898. The highest BCUT2D eigenvalue weighted by Gasteiger charge is 2.33. The number of nitrogens with zero attached hydrogens (tertiary/aromatic N) is 1. The largest absolute Gasteiger partial charge is 0.285 e. The number of thioether (sulfide) groups is 1. The average molecular weight is 409 g/mol. The molecule has 0 spiro atoms. The molecule has 0 unspecified atom stereocenters. The lowest BCUT2D eigenvalue weighted by Crippen LogP contribution is -2.44. The van der Waals surface area contributed by atoms with Gasteiger partial charge in [0, 0.05) is 15.6 Å². The predicted octanol–water partition coefficient (Wildman–Crippen LogP) is 4.54. The van der Waals surface area contributed by atoms with Gasteiger partial charge in [0.15, 0.2) is 4.32 Å². The topological polar surface area (TPSA) is 49.4 Å². The van der Waals surface area contributed by atoms with Crippen LogP contribution in [0.15, 0.2) is 53.4 Å². The van der Waals surface area contributed by atoms with Crippen LogP contribution >= 0.6 is 47.2 Å². The van der Waals surface area contributed by atoms with E-state index in [1.165, 1.54) is 0 Å². The van der Waals surface area contributed by atoms with E-state index in [9.17, 15) is 9.59 Å². The second kappa shape index (κ2) is 7.58. The van der Waals surface area contributed by atoms with E-state index in [0.29, 0.717) is 26.1 Å². The van der Waals surface area contributed by atoms with Crippen LogP contribution < -0.4 is 5.43 Å². The van der Waals surface area contributed by atoms with Crippen molar-refractivity contribution in [3.63, 3.8) is 0 Å². The molecule has 0 radical (unpaired) electrons. The van der Waals surface area contributed by atoms with Gasteiger partial charge in [-0.3, -0.25) is 15.0 Å². The molecule has 25 heavy (non-hydrogen) atoms. The van der Waals surface area contributed by atoms with Crippen LogP contribution in [0.5, 0.6) is 0 Å². The Morgan fingerprint density at radius 3 is 2.48 bits per heavy atom. The van der Waals surface area contributed by atoms with Crippen LogP contribution in [0, 0.1) is 0 Å². The number of carbonyl (C=O) groups is 2. The highest BCUT2D eigenvalue weighted by atomic mass is 35.5. The van der Waals surface area contributed by atoms with Crippen LogP contribution in [0.2, 0.25) is 10.0 Å². The lowest BCUT2D eigenvalue weighted by molar-refractivity contribution is -0.123. The number of rotatable bonds is 3. The Hall–Kier alpha value is -1.86. The summed E-state index contributed by atoms with van der Waals surface area (Å²) in [7, 11) is 0. The molecule has 2 aromatic rings. The highest BCUT2D eigenvalue weighted by molar-refractivity contribution is 8.26. The fourth-order valence-electron chi connectivity index (χ4n) is 2.06. The van der Waals surface area contributed by atoms with Crippen LogP contribution in [-0.2, 0) is 4.79 Å². The summed E-state index contributed by atoms with van der Waals surface area (Å²) in [5.41, 5.74) is 3.58. The van der Waals surface area contributed by atoms with E-state index in [2.05, 4.69) is 5.43 Å². The first-order valence-corrected chi connectivity index (χ1v) is 9.03. The lowest BCUT2D eigenvalue weighted by atomic mass is 10.2. The van der Waals surface area contributed by atoms with Gasteiger partial charge in [-0.25, -0.2) is 0 Å². The van der Waals surface area contributed by atoms with E-state index < -0.39 is 11.8 Å². The first-order valence-electron chi connectivity index (χ1n) is 7.05. The van der Waals surface area contributed by atoms with Crippen molar-refractivity contribution in [3.8, 4) is 0 Å². The fourth-order valence-corrected chi connectivity index (χ4v) is 3.55. The van der Waals surface area contributed by atoms with Crippen molar-refractivity contribution in [3.05, 3.63) is 74.6 Å². The number of hydrogen-bond donors (Lipinski definition) is 1. The van der Waals surface area contributed by atoms with Gasteiger partial charge < -0.3 is 0 Å². The van der Waals surface area contributed by atoms with Gasteiger partial charge in [-0.2, -0.15) is 5.01 Å². The summed E-state index contributed by atoms with van der Waals surface area (Å²) < 4.78 is 0.241. The fraction of sp³-hybridized carbons (Fsp3) is 0. The van der Waals surface area contributed by atoms with E-state index in [-0.39, 0.29) is 4.32 Å². The summed E-state index contributed by atoms with van der Waals surface area (Å²) in [6.45, 7) is 0. The monoisotopic (exact) mass is 408 g/mol. The summed E-state index contributed by atoms with van der Waals surface area (Å²) in [6, 6.07) is 13.5. The van der Waals surface area contributed by atoms with E-state index in [1.54, 1.807) is 48.5 Å². The molecule has 0 atom stereocenters. The van der Waals surface area contributed by atoms with Crippen molar-refractivity contribution in [1.82, 2.24) is 10.4 Å². The molecule has 0 saturated carbocycles. The van der Waals surface area contributed by atoms with Gasteiger partial charge in [0.25, 0.3) is 11.8 Å². The molecule has 1 fully saturated rings. The Morgan fingerprint density at radius 1 is 1.12 bits per heavy atom. The second-order valence-corrected chi connectivity index (χ2v) is 7.51. The van der Waals surface area contributed by atoms with Gasteiger partial charge >= 0.3 is 0 Å². The summed E-state index contributed by atoms with van der Waals surface area (Å²) in [5, 5.41) is 2.10. The third-order valence-corrected chi connectivity index (χ3v) is 5.20. The van der Waals surface area contributed by atoms with Crippen LogP contribution in [0.3, 0.4) is 0 Å². The maximum Gasteiger partial charge on any atom is 0.285 e. The van der Waals surface area contributed by atoms with E-state index in [4.69, 9.17) is 35.4 Å². The first kappa shape index (κ1) is 17.9. The molecule has 126 valence electrons. The molecule has 1 heterocycles. The predicted molar refractivity (Wildman–Crippen MR) is 105 cm³/mol. The normalized spacial score (nSPS) is 15.8. The molecule has 2 amide bonds. The van der Waals surface area contributed by atoms with Gasteiger partial charge in [-0.15, -0.1) is 0 Å². The lowest BCUT2D eigenvalue weighted by Gasteiger charge is -2.15. The van der Waals surface area contributed by atoms with E-state index in [0.717, 1.165) is 16.8 Å². The highest BCUT2D eigenvalue weighted by Crippen LogP contribution is 2.32. The van der Waals surface area contributed by atoms with Crippen molar-refractivity contribution < 1.29 is 9.59 Å². The SMILES string of the molecule is O=C(NN1C(=O)/C(=C\c2ccccc2Cl)SC1=S)c1ccc(Cl)cc1. The summed E-state index contributed by atoms with van der Waals surface area (Å²) in [6.07, 6.45) is 1.65. The summed E-state index contributed by atoms with van der Waals surface area (Å²) >= 11 is 18.2. The zero-order chi connectivity index (χ0) is 18.0. The number of thiocarbonyl (C=S) groups is 1. The minimum atomic E-state index is -0.452. The zero-order valence-corrected chi connectivity index (χ0v) is 15.7. The number of hydrazine groups is 1. The van der Waals surface area contributed by atoms with E-state index >= 15 is 0 Å². The Kier molecular flexibility index (Phi) is 5.44. The molecule has 3 rings (SSSR count). The molecule has 0 aromatic heterocycles. The number of halogens is 2. The minimum absolute atomic E-state index is 0.241. The third-order valence-electron chi connectivity index (χ3n) is 3.31. The Labute approximate surface area is 163 Å². The quantitative estimate of drug-likeness (QED) is 0.598. The molecule has 8 heteroatoms. The maximum atomic E-state index is 12.5. The summed E-state index contributed by atoms with van der Waals surface area (Å²) in [4.78, 5) is 25.2. The van der Waals surface area contributed by atoms with Crippen molar-refractivity contribution in [2.45, 2.75) is 0 Å². The molecule has 0 aliphatic carbocycles. The van der Waals surface area contributed by atoms with Crippen LogP contribution in [0.25, 0.3) is 6.08 Å². The van der Waals surface area contributed by atoms with Crippen molar-refractivity contribution in [2.24, 2.45) is 0 Å². The smallest absolute Gasteiger partial charge is 0.267 e. The van der Waals surface area contributed by atoms with Gasteiger partial charge in [-0.05, 0) is 54.2 Å². The minimum Gasteiger partial charge on any atom is -0.267 e. The molecule has 0 bridgehead atoms. The molecule has 2 aromatic carbocycles. The third kappa shape index (κ3) is 4.04. The van der Waals surface area contributed by atoms with Crippen molar-refractivity contribution in [1.29, 1.82) is 0 Å². The van der Waals surface area contributed by atoms with Gasteiger partial charge in [0.2, 0.25) is 0 Å². The standard InChI is InChI=1S/C17H10Cl2N2O2S2/c18-12-7-5-10(6-8-12)15(22)20-21-16(23)14(25-17(21)24)9-11-3-1-2-4-13(11)19/h1-9H,(H,20,22)/b14-9+. The Morgan fingerprint density at radius 2 is 1.80 bits per heavy atom. The number of nitrogens with one attached hydrogen (secondary N) is 1. The molecular formula is C17H10Cl2N2O2S2. The number of benzene rings is 2. The molecule has 4 nitrogen and oxygen atoms in total. The van der Waals surface area contributed by atoms with Gasteiger partial charge in [0.05, 0.1) is 4.91 Å². The Balaban J connectivity index is 1.79. The second-order valence-electron chi connectivity index (χ2n) is 4.99. The number of hydrogen-bond acceptors (Lipinski definition) is 4. The molecule has 1 N–H and O–H groups in total. The van der Waals surface area contributed by atoms with Crippen molar-refractivity contribution in [2.75, 3.05) is 0 Å². The van der Waals surface area contributed by atoms with Crippen LogP contribution in [0.1, 0.15) is 15.9 Å². The molecule has 1 aliphatic rings. The number of amides is 2. The number of carbonyl (C=O) groups excluding carboxylic acids is 2. The zero-order valence-electron chi connectivity index (χ0n) is 12.5. The van der Waals surface area contributed by atoms with Gasteiger partial charge in [0.1, 0.15) is 0 Å². The van der Waals surface area contributed by atoms with E-state index in [1.807, 2.05) is 6.07 Å². The average Bonchev–Trinajstić information content (AvgIpc) is 2.85. The van der Waals surface area contributed by atoms with Crippen LogP contribution in [-0.4, -0.2) is 21.1 Å². The summed E-state index contributed by atoms with van der Waals surface area (Å²) in [5.74, 6) is -0.857. The molecule has 1 aliphatic heterocycles.